The number of carbonyl (C=O) groups is 1. The Bertz CT molecular complexity index is 1070. The fraction of sp³-hybridized carbons (Fsp3) is 0.744. The van der Waals surface area contributed by atoms with Crippen LogP contribution in [-0.2, 0) is 18.4 Å². The zero-order chi connectivity index (χ0) is 39.5. The van der Waals surface area contributed by atoms with E-state index in [1.807, 2.05) is 51.5 Å². The summed E-state index contributed by atoms with van der Waals surface area (Å²) in [6.07, 6.45) is 40.3. The molecule has 0 aliphatic rings. The summed E-state index contributed by atoms with van der Waals surface area (Å²) < 4.78 is 23.4. The lowest BCUT2D eigenvalue weighted by Gasteiger charge is -2.25. The predicted molar refractivity (Wildman–Crippen MR) is 223 cm³/mol. The van der Waals surface area contributed by atoms with Crippen LogP contribution in [0.4, 0.5) is 0 Å². The number of hydrogen-bond donors (Lipinski definition) is 4. The van der Waals surface area contributed by atoms with E-state index in [9.17, 15) is 24.5 Å². The largest absolute Gasteiger partial charge is 0.472 e. The van der Waals surface area contributed by atoms with E-state index in [0.717, 1.165) is 32.1 Å². The van der Waals surface area contributed by atoms with Gasteiger partial charge in [-0.05, 0) is 51.4 Å². The maximum absolute atomic E-state index is 12.8. The topological polar surface area (TPSA) is 125 Å². The van der Waals surface area contributed by atoms with Crippen molar-refractivity contribution in [3.05, 3.63) is 60.8 Å². The molecular weight excluding hydrogens is 687 g/mol. The second-order valence-corrected chi connectivity index (χ2v) is 16.7. The molecule has 0 aromatic carbocycles. The fourth-order valence-electron chi connectivity index (χ4n) is 5.41. The first-order chi connectivity index (χ1) is 25.4. The molecule has 0 aromatic heterocycles. The fourth-order valence-corrected chi connectivity index (χ4v) is 6.14. The van der Waals surface area contributed by atoms with Crippen molar-refractivity contribution < 1.29 is 38.0 Å². The number of rotatable bonds is 36. The van der Waals surface area contributed by atoms with Gasteiger partial charge < -0.3 is 24.9 Å². The van der Waals surface area contributed by atoms with Gasteiger partial charge in [-0.25, -0.2) is 4.57 Å². The Hall–Kier alpha value is -1.84. The number of aliphatic hydroxyl groups excluding tert-OH is 2. The van der Waals surface area contributed by atoms with Gasteiger partial charge in [-0.15, -0.1) is 0 Å². The van der Waals surface area contributed by atoms with Crippen molar-refractivity contribution in [3.8, 4) is 0 Å². The highest BCUT2D eigenvalue weighted by Crippen LogP contribution is 2.43. The van der Waals surface area contributed by atoms with Gasteiger partial charge in [0.2, 0.25) is 5.91 Å². The first-order valence-corrected chi connectivity index (χ1v) is 22.3. The molecule has 0 aromatic rings. The van der Waals surface area contributed by atoms with E-state index in [0.29, 0.717) is 30.3 Å². The van der Waals surface area contributed by atoms with Crippen LogP contribution in [0, 0.1) is 0 Å². The van der Waals surface area contributed by atoms with Gasteiger partial charge in [0.15, 0.2) is 0 Å². The Morgan fingerprint density at radius 2 is 1.26 bits per heavy atom. The smallest absolute Gasteiger partial charge is 0.389 e. The first-order valence-electron chi connectivity index (χ1n) is 20.8. The number of amides is 1. The molecule has 9 nitrogen and oxygen atoms in total. The Morgan fingerprint density at radius 3 is 1.92 bits per heavy atom. The summed E-state index contributed by atoms with van der Waals surface area (Å²) in [6.45, 7) is 4.63. The Morgan fingerprint density at radius 1 is 0.698 bits per heavy atom. The number of hydrogen-bond acceptors (Lipinski definition) is 6. The number of phosphoric ester groups is 1. The summed E-state index contributed by atoms with van der Waals surface area (Å²) in [7, 11) is 1.47. The van der Waals surface area contributed by atoms with Crippen molar-refractivity contribution in [1.82, 2.24) is 5.32 Å². The second-order valence-electron chi connectivity index (χ2n) is 15.2. The van der Waals surface area contributed by atoms with Gasteiger partial charge in [0.1, 0.15) is 13.2 Å². The highest BCUT2D eigenvalue weighted by Gasteiger charge is 2.27. The minimum atomic E-state index is -4.37. The SMILES string of the molecule is CCCCC/C=C\C/C=C\CC(O)/C=C\C=C\CCCC(=O)N[C@@H](COP(=O)(O)OCC[N+](C)(C)C)[C@H](O)/C=C/CCCCCCCCCCCCC. The third kappa shape index (κ3) is 36.9. The number of nitrogens with one attached hydrogen (secondary N) is 1. The van der Waals surface area contributed by atoms with Crippen molar-refractivity contribution in [2.45, 2.75) is 167 Å². The quantitative estimate of drug-likeness (QED) is 0.0164. The molecule has 0 aliphatic heterocycles. The maximum Gasteiger partial charge on any atom is 0.472 e. The molecule has 2 unspecified atom stereocenters. The van der Waals surface area contributed by atoms with Crippen molar-refractivity contribution >= 4 is 13.7 Å². The molecule has 0 heterocycles. The van der Waals surface area contributed by atoms with E-state index in [2.05, 4.69) is 37.4 Å². The van der Waals surface area contributed by atoms with Crippen LogP contribution in [0.5, 0.6) is 0 Å². The number of carbonyl (C=O) groups excluding carboxylic acids is 1. The summed E-state index contributed by atoms with van der Waals surface area (Å²) in [6, 6.07) is -0.908. The number of aliphatic hydroxyl groups is 2. The van der Waals surface area contributed by atoms with Crippen molar-refractivity contribution in [2.75, 3.05) is 40.9 Å². The molecule has 308 valence electrons. The lowest BCUT2D eigenvalue weighted by atomic mass is 10.0. The second kappa shape index (κ2) is 34.6. The minimum Gasteiger partial charge on any atom is -0.389 e. The van der Waals surface area contributed by atoms with E-state index < -0.39 is 26.1 Å². The summed E-state index contributed by atoms with van der Waals surface area (Å²) in [5, 5.41) is 23.9. The van der Waals surface area contributed by atoms with Crippen molar-refractivity contribution in [1.29, 1.82) is 0 Å². The zero-order valence-corrected chi connectivity index (χ0v) is 35.2. The lowest BCUT2D eigenvalue weighted by molar-refractivity contribution is -0.870. The highest BCUT2D eigenvalue weighted by molar-refractivity contribution is 7.47. The normalized spacial score (nSPS) is 15.7. The Labute approximate surface area is 324 Å². The van der Waals surface area contributed by atoms with Crippen LogP contribution in [0.2, 0.25) is 0 Å². The van der Waals surface area contributed by atoms with Crippen molar-refractivity contribution in [2.24, 2.45) is 0 Å². The molecule has 0 rings (SSSR count). The predicted octanol–water partition coefficient (Wildman–Crippen LogP) is 10.0. The molecule has 0 aliphatic carbocycles. The number of nitrogens with zero attached hydrogens (tertiary/aromatic N) is 1. The van der Waals surface area contributed by atoms with Crippen molar-refractivity contribution in [3.63, 3.8) is 0 Å². The number of quaternary nitrogens is 1. The molecule has 4 atom stereocenters. The molecule has 4 N–H and O–H groups in total. The molecule has 0 radical (unpaired) electrons. The van der Waals surface area contributed by atoms with Crippen LogP contribution < -0.4 is 5.32 Å². The highest BCUT2D eigenvalue weighted by atomic mass is 31.2. The minimum absolute atomic E-state index is 0.0333. The van der Waals surface area contributed by atoms with E-state index in [-0.39, 0.29) is 25.5 Å². The molecule has 0 bridgehead atoms. The van der Waals surface area contributed by atoms with Gasteiger partial charge in [-0.1, -0.05) is 152 Å². The molecule has 1 amide bonds. The van der Waals surface area contributed by atoms with Crippen LogP contribution in [0.25, 0.3) is 0 Å². The van der Waals surface area contributed by atoms with E-state index >= 15 is 0 Å². The molecule has 0 spiro atoms. The van der Waals surface area contributed by atoms with E-state index in [4.69, 9.17) is 9.05 Å². The van der Waals surface area contributed by atoms with Gasteiger partial charge in [0.05, 0.1) is 46.0 Å². The van der Waals surface area contributed by atoms with E-state index in [1.54, 1.807) is 12.2 Å². The number of phosphoric acid groups is 1. The Balaban J connectivity index is 4.70. The average Bonchev–Trinajstić information content (AvgIpc) is 3.10. The summed E-state index contributed by atoms with van der Waals surface area (Å²) >= 11 is 0. The molecule has 53 heavy (non-hydrogen) atoms. The summed E-state index contributed by atoms with van der Waals surface area (Å²) in [4.78, 5) is 23.0. The van der Waals surface area contributed by atoms with Gasteiger partial charge in [0, 0.05) is 6.42 Å². The van der Waals surface area contributed by atoms with Crippen LogP contribution in [0.15, 0.2) is 60.8 Å². The number of likely N-dealkylation sites (N-methyl/N-ethyl adjacent to an activating group) is 1. The maximum atomic E-state index is 12.8. The zero-order valence-electron chi connectivity index (χ0n) is 34.3. The van der Waals surface area contributed by atoms with Gasteiger partial charge in [0.25, 0.3) is 0 Å². The third-order valence-corrected chi connectivity index (χ3v) is 9.80. The summed E-state index contributed by atoms with van der Waals surface area (Å²) in [5.74, 6) is -0.280. The first kappa shape index (κ1) is 51.2. The van der Waals surface area contributed by atoms with Crippen LogP contribution in [-0.4, -0.2) is 84.6 Å². The molecule has 10 heteroatoms. The molecule has 0 saturated carbocycles. The van der Waals surface area contributed by atoms with Gasteiger partial charge in [-0.2, -0.15) is 0 Å². The molecule has 0 saturated heterocycles. The average molecular weight is 768 g/mol. The third-order valence-electron chi connectivity index (χ3n) is 8.81. The Kier molecular flexibility index (Phi) is 33.4. The van der Waals surface area contributed by atoms with Crippen LogP contribution in [0.1, 0.15) is 149 Å². The number of allylic oxidation sites excluding steroid dienone is 7. The monoisotopic (exact) mass is 768 g/mol. The number of unbranched alkanes of at least 4 members (excludes halogenated alkanes) is 15. The van der Waals surface area contributed by atoms with E-state index in [1.165, 1.54) is 77.0 Å². The lowest BCUT2D eigenvalue weighted by Crippen LogP contribution is -2.45. The standard InChI is InChI=1S/C43H79N2O7P/c1-6-8-10-12-14-16-17-18-19-21-23-27-31-35-42(47)41(39-52-53(49,50)51-38-37-45(3,4)5)44-43(48)36-32-28-24-26-30-34-40(46)33-29-25-22-20-15-13-11-9-7-2/h15,20,24-26,29-31,34-35,40-42,46-47H,6-14,16-19,21-23,27-28,32-33,36-39H2,1-5H3,(H-,44,48,49,50)/p+1/b20-15-,26-24+,29-25-,34-30-,35-31+/t40?,41-,42+/m0/s1. The summed E-state index contributed by atoms with van der Waals surface area (Å²) in [5.41, 5.74) is 0. The molecular formula is C43H80N2O7P+. The molecule has 0 fully saturated rings. The van der Waals surface area contributed by atoms with Crippen LogP contribution in [0.3, 0.4) is 0 Å². The van der Waals surface area contributed by atoms with Crippen LogP contribution >= 0.6 is 7.82 Å². The van der Waals surface area contributed by atoms with Gasteiger partial charge in [-0.3, -0.25) is 13.8 Å². The van der Waals surface area contributed by atoms with Gasteiger partial charge >= 0.3 is 7.82 Å².